The van der Waals surface area contributed by atoms with Crippen LogP contribution < -0.4 is 9.62 Å². The molecule has 0 spiro atoms. The number of hydrogen-bond acceptors (Lipinski definition) is 3. The molecule has 2 aromatic carbocycles. The van der Waals surface area contributed by atoms with Gasteiger partial charge < -0.3 is 5.32 Å². The fourth-order valence-corrected chi connectivity index (χ4v) is 3.31. The van der Waals surface area contributed by atoms with Gasteiger partial charge in [0.1, 0.15) is 6.54 Å². The Kier molecular flexibility index (Phi) is 5.74. The van der Waals surface area contributed by atoms with E-state index in [2.05, 4.69) is 5.32 Å². The van der Waals surface area contributed by atoms with Crippen LogP contribution in [0.5, 0.6) is 0 Å². The van der Waals surface area contributed by atoms with E-state index in [0.717, 1.165) is 10.6 Å². The summed E-state index contributed by atoms with van der Waals surface area (Å²) in [5.41, 5.74) is 1.49. The molecule has 2 rings (SSSR count). The van der Waals surface area contributed by atoms with E-state index in [4.69, 9.17) is 23.2 Å². The van der Waals surface area contributed by atoms with Crippen molar-refractivity contribution in [2.45, 2.75) is 6.92 Å². The van der Waals surface area contributed by atoms with Crippen molar-refractivity contribution < 1.29 is 13.2 Å². The van der Waals surface area contributed by atoms with Crippen molar-refractivity contribution in [1.82, 2.24) is 0 Å². The smallest absolute Gasteiger partial charge is 0.245 e. The van der Waals surface area contributed by atoms with E-state index in [1.54, 1.807) is 49.4 Å². The molecule has 0 fully saturated rings. The summed E-state index contributed by atoms with van der Waals surface area (Å²) in [5.74, 6) is -0.470. The highest BCUT2D eigenvalue weighted by Gasteiger charge is 2.23. The van der Waals surface area contributed by atoms with Gasteiger partial charge >= 0.3 is 0 Å². The molecule has 0 saturated carbocycles. The quantitative estimate of drug-likeness (QED) is 0.851. The Balaban J connectivity index is 2.25. The molecule has 0 aromatic heterocycles. The lowest BCUT2D eigenvalue weighted by molar-refractivity contribution is -0.114. The van der Waals surface area contributed by atoms with E-state index in [1.807, 2.05) is 0 Å². The highest BCUT2D eigenvalue weighted by molar-refractivity contribution is 7.92. The van der Waals surface area contributed by atoms with Gasteiger partial charge in [0.05, 0.1) is 11.9 Å². The van der Waals surface area contributed by atoms with Crippen LogP contribution in [-0.2, 0) is 14.8 Å². The third-order valence-electron chi connectivity index (χ3n) is 3.32. The van der Waals surface area contributed by atoms with E-state index < -0.39 is 15.9 Å². The molecule has 128 valence electrons. The van der Waals surface area contributed by atoms with Gasteiger partial charge in [-0.2, -0.15) is 0 Å². The van der Waals surface area contributed by atoms with Crippen LogP contribution in [0.4, 0.5) is 11.4 Å². The number of rotatable bonds is 5. The molecule has 24 heavy (non-hydrogen) atoms. The van der Waals surface area contributed by atoms with Gasteiger partial charge in [0, 0.05) is 15.7 Å². The average Bonchev–Trinajstić information content (AvgIpc) is 2.49. The van der Waals surface area contributed by atoms with Crippen molar-refractivity contribution in [3.8, 4) is 0 Å². The van der Waals surface area contributed by atoms with Gasteiger partial charge in [-0.05, 0) is 48.9 Å². The van der Waals surface area contributed by atoms with Crippen molar-refractivity contribution in [2.24, 2.45) is 0 Å². The van der Waals surface area contributed by atoms with Crippen LogP contribution in [0.1, 0.15) is 5.56 Å². The minimum Gasteiger partial charge on any atom is -0.325 e. The maximum Gasteiger partial charge on any atom is 0.245 e. The summed E-state index contributed by atoms with van der Waals surface area (Å²) in [6, 6.07) is 11.4. The van der Waals surface area contributed by atoms with Crippen LogP contribution >= 0.6 is 23.2 Å². The first-order valence-electron chi connectivity index (χ1n) is 6.97. The first-order valence-corrected chi connectivity index (χ1v) is 9.57. The molecule has 5 nitrogen and oxygen atoms in total. The molecule has 1 N–H and O–H groups in total. The predicted octanol–water partition coefficient (Wildman–Crippen LogP) is 3.71. The first-order chi connectivity index (χ1) is 11.2. The summed E-state index contributed by atoms with van der Waals surface area (Å²) in [4.78, 5) is 12.2. The molecule has 2 aromatic rings. The van der Waals surface area contributed by atoms with Crippen LogP contribution in [-0.4, -0.2) is 27.1 Å². The molecular formula is C16H16Cl2N2O3S. The van der Waals surface area contributed by atoms with Gasteiger partial charge in [-0.1, -0.05) is 29.3 Å². The highest BCUT2D eigenvalue weighted by atomic mass is 35.5. The number of hydrogen-bond donors (Lipinski definition) is 1. The summed E-state index contributed by atoms with van der Waals surface area (Å²) in [6.45, 7) is 1.34. The Morgan fingerprint density at radius 1 is 1.12 bits per heavy atom. The second-order valence-corrected chi connectivity index (χ2v) is 7.96. The number of anilines is 2. The standard InChI is InChI=1S/C16H16Cl2N2O3S/c1-11-14(18)4-3-5-15(11)20(24(2,22)23)10-16(21)19-13-8-6-12(17)7-9-13/h3-9H,10H2,1-2H3,(H,19,21). The first kappa shape index (κ1) is 18.6. The molecule has 1 amide bonds. The van der Waals surface area contributed by atoms with Crippen molar-refractivity contribution in [2.75, 3.05) is 22.4 Å². The lowest BCUT2D eigenvalue weighted by Crippen LogP contribution is -2.37. The summed E-state index contributed by atoms with van der Waals surface area (Å²) in [5, 5.41) is 3.61. The minimum absolute atomic E-state index is 0.358. The van der Waals surface area contributed by atoms with E-state index in [0.29, 0.717) is 27.0 Å². The van der Waals surface area contributed by atoms with Crippen molar-refractivity contribution in [3.63, 3.8) is 0 Å². The number of carbonyl (C=O) groups is 1. The maximum absolute atomic E-state index is 12.2. The number of nitrogens with one attached hydrogen (secondary N) is 1. The summed E-state index contributed by atoms with van der Waals surface area (Å²) in [7, 11) is -3.66. The number of sulfonamides is 1. The molecule has 0 saturated heterocycles. The lowest BCUT2D eigenvalue weighted by atomic mass is 10.2. The maximum atomic E-state index is 12.2. The Morgan fingerprint density at radius 3 is 2.33 bits per heavy atom. The second-order valence-electron chi connectivity index (χ2n) is 5.21. The monoisotopic (exact) mass is 386 g/mol. The topological polar surface area (TPSA) is 66.5 Å². The Morgan fingerprint density at radius 2 is 1.75 bits per heavy atom. The summed E-state index contributed by atoms with van der Waals surface area (Å²) < 4.78 is 25.3. The van der Waals surface area contributed by atoms with Gasteiger partial charge in [-0.15, -0.1) is 0 Å². The Labute approximate surface area is 151 Å². The predicted molar refractivity (Wildman–Crippen MR) is 98.5 cm³/mol. The van der Waals surface area contributed by atoms with E-state index in [9.17, 15) is 13.2 Å². The summed E-state index contributed by atoms with van der Waals surface area (Å²) in [6.07, 6.45) is 1.04. The van der Waals surface area contributed by atoms with Crippen molar-refractivity contribution in [1.29, 1.82) is 0 Å². The fourth-order valence-electron chi connectivity index (χ4n) is 2.11. The van der Waals surface area contributed by atoms with Crippen LogP contribution in [0.15, 0.2) is 42.5 Å². The zero-order chi connectivity index (χ0) is 17.9. The SMILES string of the molecule is Cc1c(Cl)cccc1N(CC(=O)Nc1ccc(Cl)cc1)S(C)(=O)=O. The number of carbonyl (C=O) groups excluding carboxylic acids is 1. The molecule has 0 atom stereocenters. The van der Waals surface area contributed by atoms with Gasteiger partial charge in [-0.25, -0.2) is 8.42 Å². The van der Waals surface area contributed by atoms with Crippen LogP contribution in [0, 0.1) is 6.92 Å². The van der Waals surface area contributed by atoms with Crippen LogP contribution in [0.2, 0.25) is 10.0 Å². The molecule has 0 aliphatic rings. The molecular weight excluding hydrogens is 371 g/mol. The Bertz CT molecular complexity index is 852. The number of halogens is 2. The Hall–Kier alpha value is -1.76. The molecule has 0 radical (unpaired) electrons. The van der Waals surface area contributed by atoms with E-state index in [-0.39, 0.29) is 6.54 Å². The van der Waals surface area contributed by atoms with Crippen molar-refractivity contribution in [3.05, 3.63) is 58.1 Å². The van der Waals surface area contributed by atoms with Crippen LogP contribution in [0.25, 0.3) is 0 Å². The van der Waals surface area contributed by atoms with Crippen LogP contribution in [0.3, 0.4) is 0 Å². The minimum atomic E-state index is -3.66. The largest absolute Gasteiger partial charge is 0.325 e. The van der Waals surface area contributed by atoms with Crippen molar-refractivity contribution >= 4 is 50.5 Å². The molecule has 0 aliphatic heterocycles. The normalized spacial score (nSPS) is 11.2. The van der Waals surface area contributed by atoms with Gasteiger partial charge in [0.25, 0.3) is 0 Å². The van der Waals surface area contributed by atoms with Gasteiger partial charge in [0.2, 0.25) is 15.9 Å². The molecule has 0 bridgehead atoms. The van der Waals surface area contributed by atoms with Gasteiger partial charge in [-0.3, -0.25) is 9.10 Å². The molecule has 8 heteroatoms. The number of benzene rings is 2. The number of nitrogens with zero attached hydrogens (tertiary/aromatic N) is 1. The molecule has 0 heterocycles. The third kappa shape index (κ3) is 4.63. The molecule has 0 unspecified atom stereocenters. The number of amides is 1. The zero-order valence-electron chi connectivity index (χ0n) is 13.1. The lowest BCUT2D eigenvalue weighted by Gasteiger charge is -2.24. The summed E-state index contributed by atoms with van der Waals surface area (Å²) >= 11 is 11.8. The van der Waals surface area contributed by atoms with E-state index in [1.165, 1.54) is 0 Å². The zero-order valence-corrected chi connectivity index (χ0v) is 15.4. The van der Waals surface area contributed by atoms with E-state index >= 15 is 0 Å². The third-order valence-corrected chi connectivity index (χ3v) is 5.11. The second kappa shape index (κ2) is 7.42. The molecule has 0 aliphatic carbocycles. The van der Waals surface area contributed by atoms with Gasteiger partial charge in [0.15, 0.2) is 0 Å². The fraction of sp³-hybridized carbons (Fsp3) is 0.188. The highest BCUT2D eigenvalue weighted by Crippen LogP contribution is 2.28. The average molecular weight is 387 g/mol.